The molecule has 2 rings (SSSR count). The summed E-state index contributed by atoms with van der Waals surface area (Å²) in [6, 6.07) is 6.51. The highest BCUT2D eigenvalue weighted by Crippen LogP contribution is 2.22. The second-order valence-electron chi connectivity index (χ2n) is 3.21. The summed E-state index contributed by atoms with van der Waals surface area (Å²) in [4.78, 5) is 7.71. The molecule has 0 radical (unpaired) electrons. The van der Waals surface area contributed by atoms with Gasteiger partial charge in [-0.2, -0.15) is 0 Å². The van der Waals surface area contributed by atoms with E-state index in [1.165, 1.54) is 18.5 Å². The van der Waals surface area contributed by atoms with E-state index in [-0.39, 0.29) is 5.82 Å². The topological polar surface area (TPSA) is 25.8 Å². The maximum absolute atomic E-state index is 13.6. The van der Waals surface area contributed by atoms with E-state index in [1.807, 2.05) is 13.0 Å². The van der Waals surface area contributed by atoms with E-state index in [1.54, 1.807) is 6.07 Å². The summed E-state index contributed by atoms with van der Waals surface area (Å²) in [5, 5.41) is 0.306. The Morgan fingerprint density at radius 2 is 2.00 bits per heavy atom. The number of benzene rings is 1. The molecule has 15 heavy (non-hydrogen) atoms. The molecule has 1 aromatic carbocycles. The van der Waals surface area contributed by atoms with Crippen molar-refractivity contribution in [3.05, 3.63) is 47.1 Å². The Kier molecular flexibility index (Phi) is 2.64. The summed E-state index contributed by atoms with van der Waals surface area (Å²) in [6.45, 7) is 1.83. The number of nitrogens with zero attached hydrogens (tertiary/aromatic N) is 2. The van der Waals surface area contributed by atoms with Gasteiger partial charge in [0.25, 0.3) is 0 Å². The first kappa shape index (κ1) is 10.1. The first-order valence-corrected chi connectivity index (χ1v) is 4.78. The van der Waals surface area contributed by atoms with Crippen molar-refractivity contribution >= 4 is 11.6 Å². The quantitative estimate of drug-likeness (QED) is 0.693. The van der Waals surface area contributed by atoms with E-state index in [2.05, 4.69) is 9.97 Å². The van der Waals surface area contributed by atoms with E-state index >= 15 is 0 Å². The molecule has 76 valence electrons. The van der Waals surface area contributed by atoms with Crippen molar-refractivity contribution in [1.29, 1.82) is 0 Å². The molecule has 1 aromatic heterocycles. The van der Waals surface area contributed by atoms with Crippen LogP contribution in [0.15, 0.2) is 30.6 Å². The SMILES string of the molecule is Cc1ccc(-c2cc(Cl)ncn2)c(F)c1. The van der Waals surface area contributed by atoms with E-state index in [4.69, 9.17) is 11.6 Å². The van der Waals surface area contributed by atoms with Crippen LogP contribution in [0.3, 0.4) is 0 Å². The van der Waals surface area contributed by atoms with Gasteiger partial charge in [0.2, 0.25) is 0 Å². The summed E-state index contributed by atoms with van der Waals surface area (Å²) in [6.07, 6.45) is 1.32. The van der Waals surface area contributed by atoms with Crippen molar-refractivity contribution in [2.45, 2.75) is 6.92 Å². The fourth-order valence-electron chi connectivity index (χ4n) is 1.31. The van der Waals surface area contributed by atoms with Crippen LogP contribution in [-0.2, 0) is 0 Å². The number of aryl methyl sites for hydroxylation is 1. The predicted octanol–water partition coefficient (Wildman–Crippen LogP) is 3.24. The Morgan fingerprint density at radius 1 is 1.20 bits per heavy atom. The van der Waals surface area contributed by atoms with Gasteiger partial charge in [0, 0.05) is 11.6 Å². The zero-order valence-electron chi connectivity index (χ0n) is 8.04. The van der Waals surface area contributed by atoms with Crippen LogP contribution >= 0.6 is 11.6 Å². The highest BCUT2D eigenvalue weighted by molar-refractivity contribution is 6.29. The van der Waals surface area contributed by atoms with Gasteiger partial charge >= 0.3 is 0 Å². The summed E-state index contributed by atoms with van der Waals surface area (Å²) >= 11 is 5.70. The third-order valence-electron chi connectivity index (χ3n) is 2.03. The van der Waals surface area contributed by atoms with Gasteiger partial charge < -0.3 is 0 Å². The first-order chi connectivity index (χ1) is 7.16. The first-order valence-electron chi connectivity index (χ1n) is 4.41. The van der Waals surface area contributed by atoms with Crippen LogP contribution in [0.4, 0.5) is 4.39 Å². The van der Waals surface area contributed by atoms with E-state index in [9.17, 15) is 4.39 Å². The molecule has 0 unspecified atom stereocenters. The van der Waals surface area contributed by atoms with E-state index in [0.29, 0.717) is 16.4 Å². The van der Waals surface area contributed by atoms with Gasteiger partial charge in [-0.25, -0.2) is 14.4 Å². The molecule has 0 atom stereocenters. The standard InChI is InChI=1S/C11H8ClFN2/c1-7-2-3-8(9(13)4-7)10-5-11(12)15-6-14-10/h2-6H,1H3. The van der Waals surface area contributed by atoms with Gasteiger partial charge in [0.1, 0.15) is 17.3 Å². The third kappa shape index (κ3) is 2.13. The Balaban J connectivity index is 2.54. The van der Waals surface area contributed by atoms with Crippen LogP contribution in [-0.4, -0.2) is 9.97 Å². The average Bonchev–Trinajstić information content (AvgIpc) is 2.17. The smallest absolute Gasteiger partial charge is 0.133 e. The molecular weight excluding hydrogens is 215 g/mol. The summed E-state index contributed by atoms with van der Waals surface area (Å²) in [5.41, 5.74) is 1.80. The highest BCUT2D eigenvalue weighted by atomic mass is 35.5. The Morgan fingerprint density at radius 3 is 2.67 bits per heavy atom. The lowest BCUT2D eigenvalue weighted by Gasteiger charge is -2.03. The largest absolute Gasteiger partial charge is 0.236 e. The molecule has 0 aliphatic heterocycles. The van der Waals surface area contributed by atoms with Crippen LogP contribution in [0.2, 0.25) is 5.15 Å². The Labute approximate surface area is 91.8 Å². The van der Waals surface area contributed by atoms with Crippen LogP contribution in [0.25, 0.3) is 11.3 Å². The van der Waals surface area contributed by atoms with Gasteiger partial charge in [0.05, 0.1) is 5.69 Å². The second kappa shape index (κ2) is 3.95. The molecule has 0 saturated heterocycles. The molecule has 1 heterocycles. The fraction of sp³-hybridized carbons (Fsp3) is 0.0909. The van der Waals surface area contributed by atoms with Crippen LogP contribution in [0.5, 0.6) is 0 Å². The van der Waals surface area contributed by atoms with Gasteiger partial charge in [-0.3, -0.25) is 0 Å². The lowest BCUT2D eigenvalue weighted by atomic mass is 10.1. The fourth-order valence-corrected chi connectivity index (χ4v) is 1.46. The minimum Gasteiger partial charge on any atom is -0.236 e. The van der Waals surface area contributed by atoms with E-state index < -0.39 is 0 Å². The molecule has 0 fully saturated rings. The summed E-state index contributed by atoms with van der Waals surface area (Å²) < 4.78 is 13.6. The molecule has 0 aliphatic rings. The highest BCUT2D eigenvalue weighted by Gasteiger charge is 2.06. The minimum atomic E-state index is -0.301. The molecule has 2 nitrogen and oxygen atoms in total. The number of hydrogen-bond acceptors (Lipinski definition) is 2. The Hall–Kier alpha value is -1.48. The number of hydrogen-bond donors (Lipinski definition) is 0. The van der Waals surface area contributed by atoms with Crippen molar-refractivity contribution in [1.82, 2.24) is 9.97 Å². The maximum atomic E-state index is 13.6. The van der Waals surface area contributed by atoms with Crippen LogP contribution in [0.1, 0.15) is 5.56 Å². The molecule has 4 heteroatoms. The average molecular weight is 223 g/mol. The minimum absolute atomic E-state index is 0.301. The Bertz CT molecular complexity index is 500. The predicted molar refractivity (Wildman–Crippen MR) is 57.2 cm³/mol. The lowest BCUT2D eigenvalue weighted by Crippen LogP contribution is -1.89. The lowest BCUT2D eigenvalue weighted by molar-refractivity contribution is 0.629. The zero-order chi connectivity index (χ0) is 10.8. The molecule has 0 N–H and O–H groups in total. The second-order valence-corrected chi connectivity index (χ2v) is 3.60. The van der Waals surface area contributed by atoms with Crippen molar-refractivity contribution in [2.24, 2.45) is 0 Å². The van der Waals surface area contributed by atoms with Gasteiger partial charge in [-0.15, -0.1) is 0 Å². The van der Waals surface area contributed by atoms with Gasteiger partial charge in [0.15, 0.2) is 0 Å². The van der Waals surface area contributed by atoms with Crippen molar-refractivity contribution in [3.8, 4) is 11.3 Å². The maximum Gasteiger partial charge on any atom is 0.133 e. The molecule has 0 aliphatic carbocycles. The summed E-state index contributed by atoms with van der Waals surface area (Å²) in [5.74, 6) is -0.301. The monoisotopic (exact) mass is 222 g/mol. The van der Waals surface area contributed by atoms with Gasteiger partial charge in [-0.1, -0.05) is 17.7 Å². The van der Waals surface area contributed by atoms with Crippen molar-refractivity contribution in [2.75, 3.05) is 0 Å². The molecule has 0 amide bonds. The van der Waals surface area contributed by atoms with Crippen molar-refractivity contribution < 1.29 is 4.39 Å². The molecule has 0 bridgehead atoms. The number of halogens is 2. The zero-order valence-corrected chi connectivity index (χ0v) is 8.79. The van der Waals surface area contributed by atoms with Crippen molar-refractivity contribution in [3.63, 3.8) is 0 Å². The van der Waals surface area contributed by atoms with Gasteiger partial charge in [-0.05, 0) is 24.6 Å². The van der Waals surface area contributed by atoms with E-state index in [0.717, 1.165) is 5.56 Å². The third-order valence-corrected chi connectivity index (χ3v) is 2.24. The number of aromatic nitrogens is 2. The molecule has 0 saturated carbocycles. The molecule has 0 spiro atoms. The van der Waals surface area contributed by atoms with Crippen LogP contribution in [0, 0.1) is 12.7 Å². The summed E-state index contributed by atoms with van der Waals surface area (Å²) in [7, 11) is 0. The number of rotatable bonds is 1. The molecular formula is C11H8ClFN2. The normalized spacial score (nSPS) is 10.3. The van der Waals surface area contributed by atoms with Crippen LogP contribution < -0.4 is 0 Å². The molecule has 2 aromatic rings.